The van der Waals surface area contributed by atoms with Gasteiger partial charge in [0.25, 0.3) is 0 Å². The summed E-state index contributed by atoms with van der Waals surface area (Å²) in [6.07, 6.45) is 2.32. The average Bonchev–Trinajstić information content (AvgIpc) is 3.26. The molecule has 1 heterocycles. The lowest BCUT2D eigenvalue weighted by Crippen LogP contribution is -2.40. The fourth-order valence-electron chi connectivity index (χ4n) is 2.13. The van der Waals surface area contributed by atoms with Crippen LogP contribution in [-0.2, 0) is 11.3 Å². The van der Waals surface area contributed by atoms with Crippen LogP contribution in [0.15, 0.2) is 24.3 Å². The van der Waals surface area contributed by atoms with Crippen molar-refractivity contribution in [1.82, 2.24) is 25.5 Å². The van der Waals surface area contributed by atoms with Crippen LogP contribution in [0.4, 0.5) is 0 Å². The normalized spacial score (nSPS) is 14.9. The van der Waals surface area contributed by atoms with Crippen LogP contribution >= 0.6 is 24.0 Å². The molecule has 1 aliphatic carbocycles. The van der Waals surface area contributed by atoms with Crippen molar-refractivity contribution in [2.75, 3.05) is 6.54 Å². The number of amides is 1. The van der Waals surface area contributed by atoms with Gasteiger partial charge in [-0.05, 0) is 48.2 Å². The predicted molar refractivity (Wildman–Crippen MR) is 89.2 cm³/mol. The molecule has 0 spiro atoms. The number of rotatable bonds is 6. The van der Waals surface area contributed by atoms with E-state index < -0.39 is 0 Å². The number of halogens is 2. The van der Waals surface area contributed by atoms with Crippen molar-refractivity contribution >= 4 is 29.9 Å². The van der Waals surface area contributed by atoms with Crippen molar-refractivity contribution in [3.8, 4) is 11.4 Å². The average molecular weight is 357 g/mol. The minimum atomic E-state index is -0.170. The number of hydrogen-bond acceptors (Lipinski definition) is 5. The van der Waals surface area contributed by atoms with Gasteiger partial charge in [-0.2, -0.15) is 4.80 Å². The van der Waals surface area contributed by atoms with Crippen molar-refractivity contribution in [1.29, 1.82) is 0 Å². The number of tetrazole rings is 1. The van der Waals surface area contributed by atoms with Gasteiger partial charge in [-0.3, -0.25) is 4.79 Å². The number of nitrogens with one attached hydrogen (secondary N) is 1. The van der Waals surface area contributed by atoms with Crippen LogP contribution in [0, 0.1) is 5.92 Å². The molecule has 0 bridgehead atoms. The summed E-state index contributed by atoms with van der Waals surface area (Å²) in [5, 5.41) is 15.4. The zero-order chi connectivity index (χ0) is 15.5. The van der Waals surface area contributed by atoms with Crippen molar-refractivity contribution in [2.45, 2.75) is 25.4 Å². The van der Waals surface area contributed by atoms with Crippen LogP contribution in [-0.4, -0.2) is 38.7 Å². The first-order valence-corrected chi connectivity index (χ1v) is 7.55. The van der Waals surface area contributed by atoms with Gasteiger partial charge >= 0.3 is 0 Å². The molecule has 1 aromatic carbocycles. The predicted octanol–water partition coefficient (Wildman–Crippen LogP) is 1.27. The molecule has 1 unspecified atom stereocenters. The molecule has 2 aromatic rings. The summed E-state index contributed by atoms with van der Waals surface area (Å²) in [5.74, 6) is 0.844. The third kappa shape index (κ3) is 4.89. The maximum Gasteiger partial charge on any atom is 0.243 e. The van der Waals surface area contributed by atoms with Crippen LogP contribution < -0.4 is 11.1 Å². The number of aromatic nitrogens is 4. The van der Waals surface area contributed by atoms with Crippen LogP contribution in [0.3, 0.4) is 0 Å². The second-order valence-corrected chi connectivity index (χ2v) is 5.89. The van der Waals surface area contributed by atoms with Crippen molar-refractivity contribution in [3.63, 3.8) is 0 Å². The van der Waals surface area contributed by atoms with E-state index in [9.17, 15) is 4.79 Å². The lowest BCUT2D eigenvalue weighted by Gasteiger charge is -2.10. The Balaban J connectivity index is 0.00000192. The number of nitrogens with zero attached hydrogens (tertiary/aromatic N) is 4. The maximum absolute atomic E-state index is 11.8. The van der Waals surface area contributed by atoms with E-state index in [0.717, 1.165) is 18.4 Å². The Bertz CT molecular complexity index is 656. The van der Waals surface area contributed by atoms with Gasteiger partial charge in [-0.15, -0.1) is 22.6 Å². The fourth-order valence-corrected chi connectivity index (χ4v) is 2.26. The second-order valence-electron chi connectivity index (χ2n) is 5.46. The quantitative estimate of drug-likeness (QED) is 0.811. The Morgan fingerprint density at radius 1 is 1.39 bits per heavy atom. The third-order valence-electron chi connectivity index (χ3n) is 3.60. The van der Waals surface area contributed by atoms with Crippen molar-refractivity contribution in [3.05, 3.63) is 29.3 Å². The molecule has 3 N–H and O–H groups in total. The van der Waals surface area contributed by atoms with Gasteiger partial charge in [0.2, 0.25) is 11.7 Å². The summed E-state index contributed by atoms with van der Waals surface area (Å²) in [6.45, 7) is 0.514. The lowest BCUT2D eigenvalue weighted by molar-refractivity contribution is -0.122. The van der Waals surface area contributed by atoms with E-state index in [1.807, 2.05) is 0 Å². The Labute approximate surface area is 145 Å². The standard InChI is InChI=1S/C14H17ClN6O.ClH/c15-11-5-3-10(4-6-11)14-18-20-21(19-14)8-13(22)17-7-12(16)9-1-2-9;/h3-6,9,12H,1-2,7-8,16H2,(H,17,22);1H. The number of carbonyl (C=O) groups excluding carboxylic acids is 1. The van der Waals surface area contributed by atoms with E-state index in [1.54, 1.807) is 24.3 Å². The van der Waals surface area contributed by atoms with E-state index in [2.05, 4.69) is 20.7 Å². The molecule has 9 heteroatoms. The third-order valence-corrected chi connectivity index (χ3v) is 3.85. The Hall–Kier alpha value is -1.70. The monoisotopic (exact) mass is 356 g/mol. The van der Waals surface area contributed by atoms with Gasteiger partial charge in [0.15, 0.2) is 0 Å². The number of benzene rings is 1. The molecule has 0 saturated heterocycles. The summed E-state index contributed by atoms with van der Waals surface area (Å²) in [4.78, 5) is 13.1. The minimum absolute atomic E-state index is 0. The topological polar surface area (TPSA) is 98.7 Å². The zero-order valence-electron chi connectivity index (χ0n) is 12.4. The molecule has 0 aliphatic heterocycles. The molecule has 1 fully saturated rings. The van der Waals surface area contributed by atoms with Gasteiger partial charge in [0.1, 0.15) is 6.54 Å². The highest BCUT2D eigenvalue weighted by atomic mass is 35.5. The Kier molecular flexibility index (Phi) is 5.92. The molecule has 1 aliphatic rings. The summed E-state index contributed by atoms with van der Waals surface area (Å²) >= 11 is 5.84. The molecule has 3 rings (SSSR count). The van der Waals surface area contributed by atoms with Gasteiger partial charge in [-0.25, -0.2) is 0 Å². The van der Waals surface area contributed by atoms with Gasteiger partial charge in [0, 0.05) is 23.2 Å². The van der Waals surface area contributed by atoms with Crippen molar-refractivity contribution in [2.24, 2.45) is 11.7 Å². The fraction of sp³-hybridized carbons (Fsp3) is 0.429. The van der Waals surface area contributed by atoms with E-state index in [-0.39, 0.29) is 30.9 Å². The van der Waals surface area contributed by atoms with E-state index >= 15 is 0 Å². The molecule has 124 valence electrons. The van der Waals surface area contributed by atoms with Crippen LogP contribution in [0.25, 0.3) is 11.4 Å². The maximum atomic E-state index is 11.8. The van der Waals surface area contributed by atoms with Crippen LogP contribution in [0.5, 0.6) is 0 Å². The number of carbonyl (C=O) groups is 1. The summed E-state index contributed by atoms with van der Waals surface area (Å²) < 4.78 is 0. The van der Waals surface area contributed by atoms with E-state index in [1.165, 1.54) is 4.80 Å². The highest BCUT2D eigenvalue weighted by Crippen LogP contribution is 2.31. The van der Waals surface area contributed by atoms with Crippen molar-refractivity contribution < 1.29 is 4.79 Å². The molecular formula is C14H18Cl2N6O. The summed E-state index contributed by atoms with van der Waals surface area (Å²) in [7, 11) is 0. The molecular weight excluding hydrogens is 339 g/mol. The molecule has 7 nitrogen and oxygen atoms in total. The molecule has 0 radical (unpaired) electrons. The van der Waals surface area contributed by atoms with Crippen LogP contribution in [0.2, 0.25) is 5.02 Å². The minimum Gasteiger partial charge on any atom is -0.353 e. The first-order chi connectivity index (χ1) is 10.6. The molecule has 23 heavy (non-hydrogen) atoms. The summed E-state index contributed by atoms with van der Waals surface area (Å²) in [5.41, 5.74) is 6.74. The van der Waals surface area contributed by atoms with Gasteiger partial charge in [0.05, 0.1) is 0 Å². The SMILES string of the molecule is Cl.NC(CNC(=O)Cn1nnc(-c2ccc(Cl)cc2)n1)C1CC1. The second kappa shape index (κ2) is 7.72. The number of hydrogen-bond donors (Lipinski definition) is 2. The van der Waals surface area contributed by atoms with Crippen LogP contribution in [0.1, 0.15) is 12.8 Å². The number of nitrogens with two attached hydrogens (primary N) is 1. The lowest BCUT2D eigenvalue weighted by atomic mass is 10.2. The van der Waals surface area contributed by atoms with Gasteiger partial charge in [-0.1, -0.05) is 11.6 Å². The zero-order valence-corrected chi connectivity index (χ0v) is 13.9. The molecule has 1 atom stereocenters. The smallest absolute Gasteiger partial charge is 0.243 e. The van der Waals surface area contributed by atoms with E-state index in [0.29, 0.717) is 23.3 Å². The summed E-state index contributed by atoms with van der Waals surface area (Å²) in [6, 6.07) is 7.15. The molecule has 1 aromatic heterocycles. The largest absolute Gasteiger partial charge is 0.353 e. The first kappa shape index (κ1) is 17.7. The Morgan fingerprint density at radius 3 is 2.74 bits per heavy atom. The highest BCUT2D eigenvalue weighted by molar-refractivity contribution is 6.30. The Morgan fingerprint density at radius 2 is 2.09 bits per heavy atom. The van der Waals surface area contributed by atoms with E-state index in [4.69, 9.17) is 17.3 Å². The first-order valence-electron chi connectivity index (χ1n) is 7.18. The van der Waals surface area contributed by atoms with Gasteiger partial charge < -0.3 is 11.1 Å². The highest BCUT2D eigenvalue weighted by Gasteiger charge is 2.28. The molecule has 1 saturated carbocycles. The molecule has 1 amide bonds.